The van der Waals surface area contributed by atoms with E-state index < -0.39 is 5.41 Å². The predicted molar refractivity (Wildman–Crippen MR) is 55.9 cm³/mol. The number of hydrazone groups is 1. The average Bonchev–Trinajstić information content (AvgIpc) is 2.44. The molecule has 0 saturated heterocycles. The molecule has 0 fully saturated rings. The second-order valence-corrected chi connectivity index (χ2v) is 4.54. The molecule has 0 spiro atoms. The highest BCUT2D eigenvalue weighted by atomic mass is 16.2. The van der Waals surface area contributed by atoms with Crippen molar-refractivity contribution >= 4 is 12.1 Å². The van der Waals surface area contributed by atoms with Crippen molar-refractivity contribution in [3.8, 4) is 0 Å². The quantitative estimate of drug-likeness (QED) is 0.584. The highest BCUT2D eigenvalue weighted by molar-refractivity contribution is 6.01. The molecule has 1 aliphatic carbocycles. The Hall–Kier alpha value is -1.12. The summed E-state index contributed by atoms with van der Waals surface area (Å²) in [6, 6.07) is 0.189. The van der Waals surface area contributed by atoms with Crippen molar-refractivity contribution in [2.45, 2.75) is 39.2 Å². The summed E-state index contributed by atoms with van der Waals surface area (Å²) in [5, 5.41) is 5.84. The van der Waals surface area contributed by atoms with Crippen molar-refractivity contribution < 1.29 is 4.79 Å². The highest BCUT2D eigenvalue weighted by Gasteiger charge is 2.38. The first-order valence-electron chi connectivity index (χ1n) is 5.17. The fraction of sp³-hybridized carbons (Fsp3) is 0.636. The van der Waals surface area contributed by atoms with Crippen LogP contribution in [0.5, 0.6) is 0 Å². The van der Waals surface area contributed by atoms with E-state index in [0.717, 1.165) is 19.3 Å². The number of hydrogen-bond donors (Lipinski definition) is 0. The molecular weight excluding hydrogens is 176 g/mol. The molecule has 1 atom stereocenters. The molecule has 0 radical (unpaired) electrons. The Bertz CT molecular complexity index is 304. The fourth-order valence-electron chi connectivity index (χ4n) is 1.84. The summed E-state index contributed by atoms with van der Waals surface area (Å²) in [7, 11) is 0. The maximum Gasteiger partial charge on any atom is 0.254 e. The number of nitrogens with zero attached hydrogens (tertiary/aromatic N) is 2. The molecular formula is C11H16N2O. The van der Waals surface area contributed by atoms with E-state index in [-0.39, 0.29) is 11.9 Å². The minimum atomic E-state index is -0.411. The lowest BCUT2D eigenvalue weighted by Gasteiger charge is -2.26. The van der Waals surface area contributed by atoms with Crippen molar-refractivity contribution in [3.63, 3.8) is 0 Å². The molecule has 0 aromatic rings. The fourth-order valence-corrected chi connectivity index (χ4v) is 1.84. The highest BCUT2D eigenvalue weighted by Crippen LogP contribution is 2.27. The molecule has 1 aliphatic heterocycles. The Morgan fingerprint density at radius 3 is 2.86 bits per heavy atom. The molecule has 76 valence electrons. The van der Waals surface area contributed by atoms with E-state index in [1.165, 1.54) is 0 Å². The standard InChI is InChI=1S/C11H16N2O/c1-11(2)8-12-13(10(11)14)9-6-4-3-5-7-9/h4,6,8-9H,3,5,7H2,1-2H3. The van der Waals surface area contributed by atoms with Crippen LogP contribution >= 0.6 is 0 Å². The molecule has 3 nitrogen and oxygen atoms in total. The molecule has 1 unspecified atom stereocenters. The van der Waals surface area contributed by atoms with Crippen LogP contribution in [-0.4, -0.2) is 23.2 Å². The van der Waals surface area contributed by atoms with Crippen LogP contribution in [-0.2, 0) is 4.79 Å². The van der Waals surface area contributed by atoms with E-state index in [2.05, 4.69) is 17.3 Å². The third kappa shape index (κ3) is 1.47. The van der Waals surface area contributed by atoms with E-state index in [9.17, 15) is 4.79 Å². The van der Waals surface area contributed by atoms with E-state index in [1.54, 1.807) is 11.2 Å². The van der Waals surface area contributed by atoms with Crippen LogP contribution in [0.1, 0.15) is 33.1 Å². The Kier molecular flexibility index (Phi) is 2.17. The summed E-state index contributed by atoms with van der Waals surface area (Å²) in [4.78, 5) is 11.9. The summed E-state index contributed by atoms with van der Waals surface area (Å²) in [5.41, 5.74) is -0.411. The molecule has 0 N–H and O–H groups in total. The van der Waals surface area contributed by atoms with Gasteiger partial charge >= 0.3 is 0 Å². The van der Waals surface area contributed by atoms with E-state index in [0.29, 0.717) is 0 Å². The largest absolute Gasteiger partial charge is 0.272 e. The third-order valence-electron chi connectivity index (χ3n) is 2.81. The van der Waals surface area contributed by atoms with Crippen LogP contribution in [0.15, 0.2) is 17.3 Å². The number of amides is 1. The van der Waals surface area contributed by atoms with Crippen LogP contribution in [0.2, 0.25) is 0 Å². The summed E-state index contributed by atoms with van der Waals surface area (Å²) in [6.07, 6.45) is 9.31. The van der Waals surface area contributed by atoms with Gasteiger partial charge in [-0.05, 0) is 33.1 Å². The predicted octanol–water partition coefficient (Wildman–Crippen LogP) is 1.95. The number of carbonyl (C=O) groups is 1. The number of allylic oxidation sites excluding steroid dienone is 1. The first-order valence-corrected chi connectivity index (χ1v) is 5.17. The monoisotopic (exact) mass is 192 g/mol. The lowest BCUT2D eigenvalue weighted by atomic mass is 9.94. The summed E-state index contributed by atoms with van der Waals surface area (Å²) in [5.74, 6) is 0.119. The van der Waals surface area contributed by atoms with Crippen molar-refractivity contribution in [1.82, 2.24) is 5.01 Å². The van der Waals surface area contributed by atoms with E-state index in [1.807, 2.05) is 13.8 Å². The van der Waals surface area contributed by atoms with Crippen LogP contribution in [0.3, 0.4) is 0 Å². The van der Waals surface area contributed by atoms with Gasteiger partial charge in [-0.15, -0.1) is 0 Å². The van der Waals surface area contributed by atoms with Gasteiger partial charge in [-0.3, -0.25) is 4.79 Å². The van der Waals surface area contributed by atoms with Gasteiger partial charge in [0.25, 0.3) is 5.91 Å². The molecule has 14 heavy (non-hydrogen) atoms. The van der Waals surface area contributed by atoms with Gasteiger partial charge in [-0.1, -0.05) is 12.2 Å². The normalized spacial score (nSPS) is 30.0. The molecule has 2 rings (SSSR count). The molecule has 0 aromatic carbocycles. The van der Waals surface area contributed by atoms with Crippen molar-refractivity contribution in [2.75, 3.05) is 0 Å². The van der Waals surface area contributed by atoms with E-state index >= 15 is 0 Å². The minimum absolute atomic E-state index is 0.119. The Labute approximate surface area is 84.5 Å². The zero-order valence-corrected chi connectivity index (χ0v) is 8.73. The number of hydrogen-bond acceptors (Lipinski definition) is 2. The summed E-state index contributed by atoms with van der Waals surface area (Å²) >= 11 is 0. The lowest BCUT2D eigenvalue weighted by Crippen LogP contribution is -2.38. The molecule has 0 saturated carbocycles. The topological polar surface area (TPSA) is 32.7 Å². The number of carbonyl (C=O) groups excluding carboxylic acids is 1. The van der Waals surface area contributed by atoms with Crippen LogP contribution in [0.25, 0.3) is 0 Å². The van der Waals surface area contributed by atoms with Gasteiger partial charge in [0.15, 0.2) is 0 Å². The number of rotatable bonds is 1. The Balaban J connectivity index is 2.14. The molecule has 3 heteroatoms. The second-order valence-electron chi connectivity index (χ2n) is 4.54. The van der Waals surface area contributed by atoms with Gasteiger partial charge in [0, 0.05) is 6.21 Å². The van der Waals surface area contributed by atoms with E-state index in [4.69, 9.17) is 0 Å². The first-order chi connectivity index (χ1) is 6.61. The zero-order valence-electron chi connectivity index (χ0n) is 8.73. The summed E-state index contributed by atoms with van der Waals surface area (Å²) < 4.78 is 0. The third-order valence-corrected chi connectivity index (χ3v) is 2.81. The average molecular weight is 192 g/mol. The zero-order chi connectivity index (χ0) is 10.2. The Morgan fingerprint density at radius 2 is 2.36 bits per heavy atom. The van der Waals surface area contributed by atoms with Gasteiger partial charge in [-0.25, -0.2) is 5.01 Å². The summed E-state index contributed by atoms with van der Waals surface area (Å²) in [6.45, 7) is 3.82. The van der Waals surface area contributed by atoms with Crippen molar-refractivity contribution in [1.29, 1.82) is 0 Å². The maximum atomic E-state index is 11.9. The smallest absolute Gasteiger partial charge is 0.254 e. The van der Waals surface area contributed by atoms with Crippen LogP contribution < -0.4 is 0 Å². The van der Waals surface area contributed by atoms with Gasteiger partial charge < -0.3 is 0 Å². The molecule has 1 amide bonds. The van der Waals surface area contributed by atoms with Crippen LogP contribution in [0.4, 0.5) is 0 Å². The van der Waals surface area contributed by atoms with Crippen LogP contribution in [0, 0.1) is 5.41 Å². The minimum Gasteiger partial charge on any atom is -0.272 e. The molecule has 0 aromatic heterocycles. The molecule has 1 heterocycles. The molecule has 2 aliphatic rings. The SMILES string of the molecule is CC1(C)C=NN(C2C=CCCC2)C1=O. The molecule has 0 bridgehead atoms. The first kappa shape index (κ1) is 9.44. The van der Waals surface area contributed by atoms with Gasteiger partial charge in [0.1, 0.15) is 0 Å². The Morgan fingerprint density at radius 1 is 1.57 bits per heavy atom. The van der Waals surface area contributed by atoms with Crippen molar-refractivity contribution in [2.24, 2.45) is 10.5 Å². The van der Waals surface area contributed by atoms with Crippen molar-refractivity contribution in [3.05, 3.63) is 12.2 Å². The lowest BCUT2D eigenvalue weighted by molar-refractivity contribution is -0.136. The second kappa shape index (κ2) is 3.23. The van der Waals surface area contributed by atoms with Gasteiger partial charge in [0.2, 0.25) is 0 Å². The maximum absolute atomic E-state index is 11.9. The van der Waals surface area contributed by atoms with Gasteiger partial charge in [0.05, 0.1) is 11.5 Å². The van der Waals surface area contributed by atoms with Gasteiger partial charge in [-0.2, -0.15) is 5.10 Å².